The number of nitrogens with zero attached hydrogens (tertiary/aromatic N) is 2. The van der Waals surface area contributed by atoms with Crippen molar-refractivity contribution in [3.8, 4) is 0 Å². The van der Waals surface area contributed by atoms with E-state index in [2.05, 4.69) is 22.4 Å². The summed E-state index contributed by atoms with van der Waals surface area (Å²) >= 11 is 0. The lowest BCUT2D eigenvalue weighted by Gasteiger charge is -2.24. The van der Waals surface area contributed by atoms with Gasteiger partial charge in [0, 0.05) is 23.9 Å². The van der Waals surface area contributed by atoms with E-state index in [0.29, 0.717) is 0 Å². The number of amidine groups is 1. The van der Waals surface area contributed by atoms with Gasteiger partial charge in [-0.1, -0.05) is 25.1 Å². The van der Waals surface area contributed by atoms with E-state index in [0.717, 1.165) is 18.5 Å². The summed E-state index contributed by atoms with van der Waals surface area (Å²) in [6.45, 7) is 6.80. The Morgan fingerprint density at radius 2 is 2.33 bits per heavy atom. The first-order valence-corrected chi connectivity index (χ1v) is 6.08. The third-order valence-electron chi connectivity index (χ3n) is 3.19. The zero-order valence-corrected chi connectivity index (χ0v) is 11.2. The Morgan fingerprint density at radius 3 is 2.89 bits per heavy atom. The molecule has 1 aromatic rings. The molecule has 100 valence electrons. The van der Waals surface area contributed by atoms with Gasteiger partial charge in [-0.25, -0.2) is 0 Å². The first-order chi connectivity index (χ1) is 8.47. The van der Waals surface area contributed by atoms with Crippen molar-refractivity contribution in [1.29, 1.82) is 0 Å². The van der Waals surface area contributed by atoms with E-state index in [9.17, 15) is 0 Å². The van der Waals surface area contributed by atoms with E-state index >= 15 is 0 Å². The van der Waals surface area contributed by atoms with Gasteiger partial charge in [0.05, 0.1) is 0 Å². The summed E-state index contributed by atoms with van der Waals surface area (Å²) in [6.07, 6.45) is 4.41. The van der Waals surface area contributed by atoms with Gasteiger partial charge in [-0.2, -0.15) is 0 Å². The lowest BCUT2D eigenvalue weighted by molar-refractivity contribution is 0.304. The maximum atomic E-state index is 8.69. The van der Waals surface area contributed by atoms with Gasteiger partial charge in [-0.3, -0.25) is 4.98 Å². The van der Waals surface area contributed by atoms with Crippen LogP contribution >= 0.6 is 0 Å². The molecule has 0 aliphatic carbocycles. The van der Waals surface area contributed by atoms with Gasteiger partial charge in [-0.15, -0.1) is 0 Å². The second-order valence-corrected chi connectivity index (χ2v) is 5.08. The monoisotopic (exact) mass is 250 g/mol. The zero-order chi connectivity index (χ0) is 13.6. The molecular formula is C13H22N4O. The van der Waals surface area contributed by atoms with Crippen LogP contribution in [0.2, 0.25) is 0 Å². The Labute approximate surface area is 108 Å². The Bertz CT molecular complexity index is 389. The van der Waals surface area contributed by atoms with Crippen LogP contribution in [0.1, 0.15) is 38.8 Å². The number of hydrogen-bond acceptors (Lipinski definition) is 4. The summed E-state index contributed by atoms with van der Waals surface area (Å²) in [5.74, 6) is 0.262. The average Bonchev–Trinajstić information content (AvgIpc) is 2.38. The van der Waals surface area contributed by atoms with E-state index in [-0.39, 0.29) is 17.3 Å². The minimum atomic E-state index is -0.309. The number of oxime groups is 1. The molecule has 1 rings (SSSR count). The molecule has 0 aromatic carbocycles. The molecule has 0 fully saturated rings. The summed E-state index contributed by atoms with van der Waals surface area (Å²) in [6, 6.07) is 4.20. The molecule has 4 N–H and O–H groups in total. The van der Waals surface area contributed by atoms with Crippen molar-refractivity contribution >= 4 is 5.84 Å². The van der Waals surface area contributed by atoms with E-state index in [1.165, 1.54) is 0 Å². The van der Waals surface area contributed by atoms with Crippen molar-refractivity contribution in [3.63, 3.8) is 0 Å². The normalized spacial score (nSPS) is 14.5. The van der Waals surface area contributed by atoms with Crippen molar-refractivity contribution in [3.05, 3.63) is 30.1 Å². The molecule has 18 heavy (non-hydrogen) atoms. The third-order valence-corrected chi connectivity index (χ3v) is 3.19. The van der Waals surface area contributed by atoms with E-state index in [4.69, 9.17) is 10.9 Å². The molecule has 0 radical (unpaired) electrons. The Kier molecular flexibility index (Phi) is 5.09. The van der Waals surface area contributed by atoms with E-state index < -0.39 is 0 Å². The molecule has 0 saturated heterocycles. The van der Waals surface area contributed by atoms with Crippen LogP contribution in [0.15, 0.2) is 29.7 Å². The minimum Gasteiger partial charge on any atom is -0.409 e. The number of pyridine rings is 1. The number of nitrogens with one attached hydrogen (secondary N) is 1. The van der Waals surface area contributed by atoms with Crippen LogP contribution in [0, 0.1) is 5.41 Å². The van der Waals surface area contributed by atoms with Crippen molar-refractivity contribution in [2.75, 3.05) is 6.54 Å². The van der Waals surface area contributed by atoms with Crippen LogP contribution in [0.5, 0.6) is 0 Å². The number of nitrogens with two attached hydrogens (primary N) is 1. The molecule has 1 unspecified atom stereocenters. The fourth-order valence-electron chi connectivity index (χ4n) is 1.61. The lowest BCUT2D eigenvalue weighted by atomic mass is 9.88. The quantitative estimate of drug-likeness (QED) is 0.311. The molecule has 0 amide bonds. The highest BCUT2D eigenvalue weighted by Crippen LogP contribution is 2.20. The fourth-order valence-corrected chi connectivity index (χ4v) is 1.61. The highest BCUT2D eigenvalue weighted by atomic mass is 16.4. The first kappa shape index (κ1) is 14.4. The van der Waals surface area contributed by atoms with Crippen molar-refractivity contribution in [2.45, 2.75) is 33.2 Å². The standard InChI is InChI=1S/C13H22N4O/c1-10(11-5-4-7-15-9-11)16-8-6-13(2,3)12(14)17-18/h4-5,7,9-10,16,18H,6,8H2,1-3H3,(H2,14,17). The van der Waals surface area contributed by atoms with Crippen LogP contribution in [0.25, 0.3) is 0 Å². The smallest absolute Gasteiger partial charge is 0.144 e. The Hall–Kier alpha value is -1.62. The van der Waals surface area contributed by atoms with Crippen molar-refractivity contribution < 1.29 is 5.21 Å². The zero-order valence-electron chi connectivity index (χ0n) is 11.2. The summed E-state index contributed by atoms with van der Waals surface area (Å²) in [7, 11) is 0. The Balaban J connectivity index is 2.43. The summed E-state index contributed by atoms with van der Waals surface area (Å²) in [5.41, 5.74) is 6.48. The maximum Gasteiger partial charge on any atom is 0.144 e. The molecule has 1 atom stereocenters. The predicted molar refractivity (Wildman–Crippen MR) is 72.5 cm³/mol. The number of aromatic nitrogens is 1. The molecule has 5 heteroatoms. The minimum absolute atomic E-state index is 0.238. The van der Waals surface area contributed by atoms with Crippen LogP contribution < -0.4 is 11.1 Å². The fraction of sp³-hybridized carbons (Fsp3) is 0.538. The molecule has 0 saturated carbocycles. The van der Waals surface area contributed by atoms with Crippen LogP contribution in [0.4, 0.5) is 0 Å². The summed E-state index contributed by atoms with van der Waals surface area (Å²) < 4.78 is 0. The molecule has 0 spiro atoms. The molecule has 1 heterocycles. The third kappa shape index (κ3) is 4.00. The molecule has 0 aliphatic heterocycles. The second-order valence-electron chi connectivity index (χ2n) is 5.08. The van der Waals surface area contributed by atoms with Crippen molar-refractivity contribution in [1.82, 2.24) is 10.3 Å². The van der Waals surface area contributed by atoms with Crippen LogP contribution in [-0.4, -0.2) is 22.6 Å². The van der Waals surface area contributed by atoms with Gasteiger partial charge in [0.1, 0.15) is 5.84 Å². The molecular weight excluding hydrogens is 228 g/mol. The van der Waals surface area contributed by atoms with Gasteiger partial charge in [0.15, 0.2) is 0 Å². The van der Waals surface area contributed by atoms with Crippen LogP contribution in [0.3, 0.4) is 0 Å². The first-order valence-electron chi connectivity index (χ1n) is 6.08. The lowest BCUT2D eigenvalue weighted by Crippen LogP contribution is -2.35. The van der Waals surface area contributed by atoms with Gasteiger partial charge < -0.3 is 16.3 Å². The molecule has 0 aliphatic rings. The van der Waals surface area contributed by atoms with Gasteiger partial charge in [0.25, 0.3) is 0 Å². The maximum absolute atomic E-state index is 8.69. The summed E-state index contributed by atoms with van der Waals surface area (Å²) in [4.78, 5) is 4.09. The second kappa shape index (κ2) is 6.35. The summed E-state index contributed by atoms with van der Waals surface area (Å²) in [5, 5.41) is 15.2. The molecule has 0 bridgehead atoms. The highest BCUT2D eigenvalue weighted by Gasteiger charge is 2.23. The van der Waals surface area contributed by atoms with E-state index in [1.807, 2.05) is 32.2 Å². The van der Waals surface area contributed by atoms with Gasteiger partial charge >= 0.3 is 0 Å². The van der Waals surface area contributed by atoms with Crippen molar-refractivity contribution in [2.24, 2.45) is 16.3 Å². The topological polar surface area (TPSA) is 83.5 Å². The van der Waals surface area contributed by atoms with Gasteiger partial charge in [-0.05, 0) is 31.5 Å². The molecule has 5 nitrogen and oxygen atoms in total. The van der Waals surface area contributed by atoms with E-state index in [1.54, 1.807) is 6.20 Å². The van der Waals surface area contributed by atoms with Gasteiger partial charge in [0.2, 0.25) is 0 Å². The average molecular weight is 250 g/mol. The SMILES string of the molecule is CC(NCCC(C)(C)C(N)=NO)c1cccnc1. The number of rotatable bonds is 6. The largest absolute Gasteiger partial charge is 0.409 e. The number of hydrogen-bond donors (Lipinski definition) is 3. The molecule has 1 aromatic heterocycles. The Morgan fingerprint density at radius 1 is 1.61 bits per heavy atom. The van der Waals surface area contributed by atoms with Crippen LogP contribution in [-0.2, 0) is 0 Å². The predicted octanol–water partition coefficient (Wildman–Crippen LogP) is 1.89. The highest BCUT2D eigenvalue weighted by molar-refractivity contribution is 5.85.